The Morgan fingerprint density at radius 1 is 1.41 bits per heavy atom. The van der Waals surface area contributed by atoms with E-state index in [9.17, 15) is 0 Å². The first-order valence-electron chi connectivity index (χ1n) is 8.94. The van der Waals surface area contributed by atoms with Crippen LogP contribution in [-0.2, 0) is 0 Å². The van der Waals surface area contributed by atoms with Crippen LogP contribution < -0.4 is 16.8 Å². The second-order valence-electron chi connectivity index (χ2n) is 8.07. The number of hydrogen-bond acceptors (Lipinski definition) is 4. The summed E-state index contributed by atoms with van der Waals surface area (Å²) >= 11 is 0. The standard InChI is InChI=1S/C18H30N4/c1-11(22-6-5-15(19)10-22)7-17(20)21-9-14-8-13-3-4-16-12(2)18(13,14)16/h7,12-16,21H,1,3-6,8-10,19-20H2,2H3/b17-7+. The van der Waals surface area contributed by atoms with Crippen LogP contribution in [0.4, 0.5) is 0 Å². The molecule has 3 aliphatic carbocycles. The maximum Gasteiger partial charge on any atom is 0.0980 e. The van der Waals surface area contributed by atoms with Gasteiger partial charge in [0.15, 0.2) is 0 Å². The molecule has 4 heteroatoms. The van der Waals surface area contributed by atoms with Gasteiger partial charge >= 0.3 is 0 Å². The molecule has 0 radical (unpaired) electrons. The van der Waals surface area contributed by atoms with E-state index in [0.29, 0.717) is 5.41 Å². The highest BCUT2D eigenvalue weighted by Gasteiger charge is 2.76. The van der Waals surface area contributed by atoms with Crippen LogP contribution in [0.3, 0.4) is 0 Å². The SMILES string of the molecule is C=C(/C=C(\N)NCC1CC2CCC3C(C)C213)N1CCC(N)C1. The van der Waals surface area contributed by atoms with Crippen LogP contribution in [0.5, 0.6) is 0 Å². The average molecular weight is 302 g/mol. The van der Waals surface area contributed by atoms with Crippen molar-refractivity contribution in [2.24, 2.45) is 40.6 Å². The first-order chi connectivity index (χ1) is 10.5. The summed E-state index contributed by atoms with van der Waals surface area (Å²) in [6, 6.07) is 0.279. The molecular weight excluding hydrogens is 272 g/mol. The van der Waals surface area contributed by atoms with Crippen molar-refractivity contribution in [1.82, 2.24) is 10.2 Å². The molecule has 0 aromatic carbocycles. The molecule has 1 spiro atoms. The molecule has 6 unspecified atom stereocenters. The van der Waals surface area contributed by atoms with Crippen molar-refractivity contribution < 1.29 is 0 Å². The lowest BCUT2D eigenvalue weighted by Gasteiger charge is -2.45. The lowest BCUT2D eigenvalue weighted by molar-refractivity contribution is 0.0434. The van der Waals surface area contributed by atoms with Crippen LogP contribution in [0.2, 0.25) is 0 Å². The van der Waals surface area contributed by atoms with Crippen LogP contribution in [0.25, 0.3) is 0 Å². The fourth-order valence-electron chi connectivity index (χ4n) is 6.10. The Labute approximate surface area is 134 Å². The Bertz CT molecular complexity index is 509. The Kier molecular flexibility index (Phi) is 3.23. The average Bonchev–Trinajstić information content (AvgIpc) is 2.77. The molecule has 0 aromatic rings. The molecule has 4 fully saturated rings. The van der Waals surface area contributed by atoms with Crippen molar-refractivity contribution in [2.75, 3.05) is 19.6 Å². The lowest BCUT2D eigenvalue weighted by Crippen LogP contribution is -2.45. The van der Waals surface area contributed by atoms with Crippen molar-refractivity contribution >= 4 is 0 Å². The molecular formula is C18H30N4. The molecule has 0 bridgehead atoms. The molecule has 0 aromatic heterocycles. The zero-order chi connectivity index (χ0) is 15.5. The zero-order valence-electron chi connectivity index (χ0n) is 13.7. The smallest absolute Gasteiger partial charge is 0.0980 e. The van der Waals surface area contributed by atoms with Gasteiger partial charge in [-0.05, 0) is 54.8 Å². The summed E-state index contributed by atoms with van der Waals surface area (Å²) in [5.74, 6) is 4.58. The summed E-state index contributed by atoms with van der Waals surface area (Å²) in [5.41, 5.74) is 13.8. The Balaban J connectivity index is 1.29. The number of rotatable bonds is 5. The quantitative estimate of drug-likeness (QED) is 0.675. The molecule has 1 saturated heterocycles. The molecule has 22 heavy (non-hydrogen) atoms. The summed E-state index contributed by atoms with van der Waals surface area (Å²) in [5, 5.41) is 3.46. The molecule has 4 nitrogen and oxygen atoms in total. The second-order valence-corrected chi connectivity index (χ2v) is 8.07. The minimum Gasteiger partial charge on any atom is -0.385 e. The Morgan fingerprint density at radius 3 is 2.86 bits per heavy atom. The van der Waals surface area contributed by atoms with Gasteiger partial charge < -0.3 is 21.7 Å². The number of nitrogens with two attached hydrogens (primary N) is 2. The third-order valence-electron chi connectivity index (χ3n) is 7.24. The van der Waals surface area contributed by atoms with Crippen molar-refractivity contribution in [1.29, 1.82) is 0 Å². The fraction of sp³-hybridized carbons (Fsp3) is 0.778. The van der Waals surface area contributed by atoms with Gasteiger partial charge in [0.05, 0.1) is 5.82 Å². The maximum absolute atomic E-state index is 6.16. The molecule has 4 rings (SSSR count). The van der Waals surface area contributed by atoms with Crippen LogP contribution >= 0.6 is 0 Å². The predicted molar refractivity (Wildman–Crippen MR) is 89.5 cm³/mol. The molecule has 5 N–H and O–H groups in total. The minimum atomic E-state index is 0.279. The normalized spacial score (nSPS) is 46.0. The number of nitrogens with one attached hydrogen (secondary N) is 1. The topological polar surface area (TPSA) is 67.3 Å². The molecule has 4 aliphatic rings. The van der Waals surface area contributed by atoms with Crippen LogP contribution in [-0.4, -0.2) is 30.6 Å². The van der Waals surface area contributed by atoms with Gasteiger partial charge in [-0.1, -0.05) is 13.5 Å². The number of allylic oxidation sites excluding steroid dienone is 1. The van der Waals surface area contributed by atoms with E-state index < -0.39 is 0 Å². The van der Waals surface area contributed by atoms with Gasteiger partial charge in [0.25, 0.3) is 0 Å². The van der Waals surface area contributed by atoms with Crippen molar-refractivity contribution in [2.45, 2.75) is 38.6 Å². The van der Waals surface area contributed by atoms with E-state index in [1.807, 2.05) is 6.08 Å². The fourth-order valence-corrected chi connectivity index (χ4v) is 6.10. The van der Waals surface area contributed by atoms with E-state index in [-0.39, 0.29) is 6.04 Å². The van der Waals surface area contributed by atoms with E-state index in [0.717, 1.165) is 61.2 Å². The molecule has 122 valence electrons. The highest BCUT2D eigenvalue weighted by molar-refractivity contribution is 5.25. The van der Waals surface area contributed by atoms with Crippen molar-refractivity contribution in [3.05, 3.63) is 24.2 Å². The number of likely N-dealkylation sites (tertiary alicyclic amines) is 1. The van der Waals surface area contributed by atoms with Gasteiger partial charge in [0, 0.05) is 37.4 Å². The molecule has 1 aliphatic heterocycles. The van der Waals surface area contributed by atoms with Crippen LogP contribution in [0.1, 0.15) is 32.6 Å². The van der Waals surface area contributed by atoms with E-state index in [4.69, 9.17) is 11.5 Å². The second kappa shape index (κ2) is 4.92. The molecule has 1 heterocycles. The predicted octanol–water partition coefficient (Wildman–Crippen LogP) is 1.60. The van der Waals surface area contributed by atoms with E-state index >= 15 is 0 Å². The highest BCUT2D eigenvalue weighted by Crippen LogP contribution is 2.81. The van der Waals surface area contributed by atoms with Gasteiger partial charge in [0.2, 0.25) is 0 Å². The van der Waals surface area contributed by atoms with Crippen molar-refractivity contribution in [3.63, 3.8) is 0 Å². The number of hydrogen-bond donors (Lipinski definition) is 3. The molecule has 3 saturated carbocycles. The first kappa shape index (κ1) is 14.4. The zero-order valence-corrected chi connectivity index (χ0v) is 13.7. The first-order valence-corrected chi connectivity index (χ1v) is 8.94. The van der Waals surface area contributed by atoms with E-state index in [1.54, 1.807) is 0 Å². The van der Waals surface area contributed by atoms with Crippen molar-refractivity contribution in [3.8, 4) is 0 Å². The summed E-state index contributed by atoms with van der Waals surface area (Å²) in [4.78, 5) is 2.23. The third kappa shape index (κ3) is 1.92. The highest BCUT2D eigenvalue weighted by atomic mass is 15.2. The molecule has 0 amide bonds. The number of nitrogens with zero attached hydrogens (tertiary/aromatic N) is 1. The van der Waals surface area contributed by atoms with Gasteiger partial charge in [-0.2, -0.15) is 0 Å². The maximum atomic E-state index is 6.16. The summed E-state index contributed by atoms with van der Waals surface area (Å²) in [7, 11) is 0. The van der Waals surface area contributed by atoms with Gasteiger partial charge in [-0.15, -0.1) is 0 Å². The van der Waals surface area contributed by atoms with Gasteiger partial charge in [-0.25, -0.2) is 0 Å². The third-order valence-corrected chi connectivity index (χ3v) is 7.24. The van der Waals surface area contributed by atoms with Crippen LogP contribution in [0.15, 0.2) is 24.2 Å². The van der Waals surface area contributed by atoms with E-state index in [2.05, 4.69) is 23.7 Å². The summed E-state index contributed by atoms with van der Waals surface area (Å²) in [6.07, 6.45) is 7.38. The lowest BCUT2D eigenvalue weighted by atomic mass is 9.61. The summed E-state index contributed by atoms with van der Waals surface area (Å²) in [6.45, 7) is 9.52. The van der Waals surface area contributed by atoms with Gasteiger partial charge in [-0.3, -0.25) is 0 Å². The monoisotopic (exact) mass is 302 g/mol. The minimum absolute atomic E-state index is 0.279. The Morgan fingerprint density at radius 2 is 2.23 bits per heavy atom. The summed E-state index contributed by atoms with van der Waals surface area (Å²) < 4.78 is 0. The van der Waals surface area contributed by atoms with E-state index in [1.165, 1.54) is 19.3 Å². The van der Waals surface area contributed by atoms with Gasteiger partial charge in [0.1, 0.15) is 0 Å². The Hall–Kier alpha value is -1.16. The van der Waals surface area contributed by atoms with Crippen LogP contribution in [0, 0.1) is 29.1 Å². The molecule has 6 atom stereocenters. The largest absolute Gasteiger partial charge is 0.385 e.